The summed E-state index contributed by atoms with van der Waals surface area (Å²) in [6, 6.07) is 4.91. The van der Waals surface area contributed by atoms with E-state index >= 15 is 0 Å². The van der Waals surface area contributed by atoms with Crippen LogP contribution in [-0.4, -0.2) is 41.5 Å². The predicted molar refractivity (Wildman–Crippen MR) is 81.0 cm³/mol. The number of carbonyl (C=O) groups excluding carboxylic acids is 2. The van der Waals surface area contributed by atoms with Crippen LogP contribution in [0.3, 0.4) is 0 Å². The summed E-state index contributed by atoms with van der Waals surface area (Å²) in [4.78, 5) is 25.6. The average Bonchev–Trinajstić information content (AvgIpc) is 2.80. The van der Waals surface area contributed by atoms with Gasteiger partial charge in [0.25, 0.3) is 5.91 Å². The van der Waals surface area contributed by atoms with Gasteiger partial charge in [-0.3, -0.25) is 9.59 Å². The van der Waals surface area contributed by atoms with Gasteiger partial charge >= 0.3 is 0 Å². The van der Waals surface area contributed by atoms with E-state index in [9.17, 15) is 14.7 Å². The molecule has 2 amide bonds. The first-order valence-electron chi connectivity index (χ1n) is 7.04. The molecule has 0 radical (unpaired) electrons. The van der Waals surface area contributed by atoms with E-state index in [0.717, 1.165) is 23.9 Å². The van der Waals surface area contributed by atoms with Crippen LogP contribution in [-0.2, 0) is 4.79 Å². The van der Waals surface area contributed by atoms with Gasteiger partial charge in [0.1, 0.15) is 5.75 Å². The number of piperidine rings is 1. The Bertz CT molecular complexity index is 595. The number of amides is 2. The third-order valence-electron chi connectivity index (χ3n) is 4.50. The first kappa shape index (κ1) is 14.4. The lowest BCUT2D eigenvalue weighted by molar-refractivity contribution is -0.119. The highest BCUT2D eigenvalue weighted by Crippen LogP contribution is 2.38. The van der Waals surface area contributed by atoms with Gasteiger partial charge in [0.2, 0.25) is 5.91 Å². The number of rotatable bonds is 1. The molecule has 0 atom stereocenters. The van der Waals surface area contributed by atoms with E-state index < -0.39 is 0 Å². The lowest BCUT2D eigenvalue weighted by Crippen LogP contribution is -2.44. The van der Waals surface area contributed by atoms with Gasteiger partial charge in [-0.05, 0) is 36.5 Å². The molecule has 3 rings (SSSR count). The summed E-state index contributed by atoms with van der Waals surface area (Å²) in [6.07, 6.45) is 2.22. The summed E-state index contributed by atoms with van der Waals surface area (Å²) in [7, 11) is 0. The van der Waals surface area contributed by atoms with E-state index in [0.29, 0.717) is 25.1 Å². The number of nitrogens with zero attached hydrogens (tertiary/aromatic N) is 1. The van der Waals surface area contributed by atoms with E-state index in [1.165, 1.54) is 6.07 Å². The molecule has 0 aliphatic carbocycles. The van der Waals surface area contributed by atoms with Gasteiger partial charge in [0.05, 0.1) is 5.56 Å². The Morgan fingerprint density at radius 3 is 2.62 bits per heavy atom. The number of carbonyl (C=O) groups is 2. The highest BCUT2D eigenvalue weighted by atomic mass is 79.9. The smallest absolute Gasteiger partial charge is 0.257 e. The van der Waals surface area contributed by atoms with Crippen molar-refractivity contribution in [1.82, 2.24) is 10.2 Å². The van der Waals surface area contributed by atoms with Crippen molar-refractivity contribution in [3.8, 4) is 5.75 Å². The molecule has 2 fully saturated rings. The minimum Gasteiger partial charge on any atom is -0.507 e. The average molecular weight is 353 g/mol. The second kappa shape index (κ2) is 5.33. The zero-order valence-corrected chi connectivity index (χ0v) is 13.1. The number of hydrogen-bond donors (Lipinski definition) is 2. The van der Waals surface area contributed by atoms with Crippen molar-refractivity contribution >= 4 is 27.7 Å². The summed E-state index contributed by atoms with van der Waals surface area (Å²) >= 11 is 3.26. The second-order valence-electron chi connectivity index (χ2n) is 5.91. The van der Waals surface area contributed by atoms with Gasteiger partial charge in [-0.1, -0.05) is 15.9 Å². The summed E-state index contributed by atoms with van der Waals surface area (Å²) in [5.74, 6) is -0.0418. The highest BCUT2D eigenvalue weighted by Gasteiger charge is 2.41. The molecule has 0 bridgehead atoms. The molecule has 5 nitrogen and oxygen atoms in total. The van der Waals surface area contributed by atoms with Gasteiger partial charge < -0.3 is 15.3 Å². The molecular weight excluding hydrogens is 336 g/mol. The Balaban J connectivity index is 1.69. The number of hydrogen-bond acceptors (Lipinski definition) is 3. The topological polar surface area (TPSA) is 69.6 Å². The summed E-state index contributed by atoms with van der Waals surface area (Å²) in [6.45, 7) is 1.98. The first-order chi connectivity index (χ1) is 9.99. The molecule has 2 aliphatic heterocycles. The minimum absolute atomic E-state index is 0.00706. The number of aromatic hydroxyl groups is 1. The van der Waals surface area contributed by atoms with Crippen LogP contribution in [0.1, 0.15) is 29.6 Å². The third-order valence-corrected chi connectivity index (χ3v) is 4.99. The SMILES string of the molecule is O=C1CC2(CCN(C(=O)c3ccc(Br)cc3O)CC2)CN1. The van der Waals surface area contributed by atoms with E-state index in [1.807, 2.05) is 0 Å². The lowest BCUT2D eigenvalue weighted by atomic mass is 9.77. The fourth-order valence-electron chi connectivity index (χ4n) is 3.15. The molecule has 1 aromatic carbocycles. The van der Waals surface area contributed by atoms with Crippen LogP contribution in [0.5, 0.6) is 5.75 Å². The van der Waals surface area contributed by atoms with Crippen LogP contribution >= 0.6 is 15.9 Å². The van der Waals surface area contributed by atoms with Crippen LogP contribution in [0.15, 0.2) is 22.7 Å². The molecule has 1 aromatic rings. The van der Waals surface area contributed by atoms with Gasteiger partial charge in [-0.25, -0.2) is 0 Å². The molecule has 0 aromatic heterocycles. The fourth-order valence-corrected chi connectivity index (χ4v) is 3.49. The van der Waals surface area contributed by atoms with Crippen molar-refractivity contribution in [2.75, 3.05) is 19.6 Å². The first-order valence-corrected chi connectivity index (χ1v) is 7.83. The number of phenols is 1. The zero-order valence-electron chi connectivity index (χ0n) is 11.6. The third kappa shape index (κ3) is 2.77. The monoisotopic (exact) mass is 352 g/mol. The molecule has 0 saturated carbocycles. The van der Waals surface area contributed by atoms with Crippen molar-refractivity contribution in [3.63, 3.8) is 0 Å². The van der Waals surface area contributed by atoms with Crippen LogP contribution < -0.4 is 5.32 Å². The standard InChI is InChI=1S/C15H17BrN2O3/c16-10-1-2-11(12(19)7-10)14(21)18-5-3-15(4-6-18)8-13(20)17-9-15/h1-2,7,19H,3-6,8-9H2,(H,17,20). The van der Waals surface area contributed by atoms with Crippen LogP contribution in [0.25, 0.3) is 0 Å². The molecule has 112 valence electrons. The highest BCUT2D eigenvalue weighted by molar-refractivity contribution is 9.10. The molecule has 2 heterocycles. The van der Waals surface area contributed by atoms with Gasteiger partial charge in [-0.2, -0.15) is 0 Å². The predicted octanol–water partition coefficient (Wildman–Crippen LogP) is 1.90. The van der Waals surface area contributed by atoms with E-state index in [-0.39, 0.29) is 23.0 Å². The van der Waals surface area contributed by atoms with Crippen molar-refractivity contribution in [3.05, 3.63) is 28.2 Å². The minimum atomic E-state index is -0.146. The maximum Gasteiger partial charge on any atom is 0.257 e. The van der Waals surface area contributed by atoms with Crippen molar-refractivity contribution in [1.29, 1.82) is 0 Å². The molecule has 2 aliphatic rings. The number of halogens is 1. The van der Waals surface area contributed by atoms with Crippen molar-refractivity contribution in [2.24, 2.45) is 5.41 Å². The molecule has 21 heavy (non-hydrogen) atoms. The number of phenolic OH excluding ortho intramolecular Hbond substituents is 1. The van der Waals surface area contributed by atoms with Crippen molar-refractivity contribution < 1.29 is 14.7 Å². The lowest BCUT2D eigenvalue weighted by Gasteiger charge is -2.38. The molecule has 1 spiro atoms. The van der Waals surface area contributed by atoms with E-state index in [2.05, 4.69) is 21.2 Å². The van der Waals surface area contributed by atoms with Crippen LogP contribution in [0, 0.1) is 5.41 Å². The van der Waals surface area contributed by atoms with Crippen LogP contribution in [0.2, 0.25) is 0 Å². The zero-order chi connectivity index (χ0) is 15.0. The Hall–Kier alpha value is -1.56. The molecule has 0 unspecified atom stereocenters. The normalized spacial score (nSPS) is 20.6. The van der Waals surface area contributed by atoms with Gasteiger partial charge in [-0.15, -0.1) is 0 Å². The Morgan fingerprint density at radius 1 is 1.33 bits per heavy atom. The molecular formula is C15H17BrN2O3. The number of nitrogens with one attached hydrogen (secondary N) is 1. The van der Waals surface area contributed by atoms with Crippen LogP contribution in [0.4, 0.5) is 0 Å². The number of benzene rings is 1. The maximum atomic E-state index is 12.5. The quantitative estimate of drug-likeness (QED) is 0.810. The van der Waals surface area contributed by atoms with Gasteiger partial charge in [0.15, 0.2) is 0 Å². The van der Waals surface area contributed by atoms with E-state index in [4.69, 9.17) is 0 Å². The molecule has 2 saturated heterocycles. The number of likely N-dealkylation sites (tertiary alicyclic amines) is 1. The van der Waals surface area contributed by atoms with Crippen molar-refractivity contribution in [2.45, 2.75) is 19.3 Å². The molecule has 6 heteroatoms. The summed E-state index contributed by atoms with van der Waals surface area (Å²) in [5.41, 5.74) is 0.352. The Kier molecular flexibility index (Phi) is 3.65. The fraction of sp³-hybridized carbons (Fsp3) is 0.467. The maximum absolute atomic E-state index is 12.5. The Labute approximate surface area is 131 Å². The molecule has 2 N–H and O–H groups in total. The largest absolute Gasteiger partial charge is 0.507 e. The second-order valence-corrected chi connectivity index (χ2v) is 6.82. The van der Waals surface area contributed by atoms with E-state index in [1.54, 1.807) is 17.0 Å². The van der Waals surface area contributed by atoms with Gasteiger partial charge in [0, 0.05) is 30.5 Å². The Morgan fingerprint density at radius 2 is 2.05 bits per heavy atom. The summed E-state index contributed by atoms with van der Waals surface area (Å²) in [5, 5.41) is 12.8. The summed E-state index contributed by atoms with van der Waals surface area (Å²) < 4.78 is 0.740.